The van der Waals surface area contributed by atoms with Crippen molar-refractivity contribution in [2.24, 2.45) is 7.05 Å². The highest BCUT2D eigenvalue weighted by Crippen LogP contribution is 2.25. The molecule has 0 saturated carbocycles. The number of imidazole rings is 1. The molecule has 27 heavy (non-hydrogen) atoms. The van der Waals surface area contributed by atoms with E-state index in [0.29, 0.717) is 40.1 Å². The van der Waals surface area contributed by atoms with Crippen molar-refractivity contribution >= 4 is 45.0 Å². The van der Waals surface area contributed by atoms with E-state index in [-0.39, 0.29) is 5.91 Å². The highest BCUT2D eigenvalue weighted by Gasteiger charge is 2.15. The summed E-state index contributed by atoms with van der Waals surface area (Å²) in [5.74, 6) is 0.697. The van der Waals surface area contributed by atoms with Crippen molar-refractivity contribution in [3.8, 4) is 11.4 Å². The summed E-state index contributed by atoms with van der Waals surface area (Å²) in [4.78, 5) is 21.2. The van der Waals surface area contributed by atoms with E-state index in [9.17, 15) is 4.79 Å². The lowest BCUT2D eigenvalue weighted by Crippen LogP contribution is -2.13. The zero-order valence-corrected chi connectivity index (χ0v) is 16.1. The van der Waals surface area contributed by atoms with Crippen molar-refractivity contribution in [2.75, 3.05) is 5.32 Å². The second-order valence-corrected chi connectivity index (χ2v) is 7.30. The second-order valence-electron chi connectivity index (χ2n) is 6.00. The Bertz CT molecular complexity index is 1130. The van der Waals surface area contributed by atoms with E-state index in [0.717, 1.165) is 16.9 Å². The number of aryl methyl sites for hydroxylation is 3. The predicted molar refractivity (Wildman–Crippen MR) is 103 cm³/mol. The van der Waals surface area contributed by atoms with E-state index in [2.05, 4.69) is 30.2 Å². The minimum atomic E-state index is -0.129. The minimum absolute atomic E-state index is 0.129. The van der Waals surface area contributed by atoms with E-state index in [1.54, 1.807) is 12.3 Å². The number of benzene rings is 1. The summed E-state index contributed by atoms with van der Waals surface area (Å²) in [5.41, 5.74) is 3.66. The molecule has 0 unspecified atom stereocenters. The largest absolute Gasteiger partial charge is 0.331 e. The number of amides is 1. The molecule has 0 spiro atoms. The lowest BCUT2D eigenvalue weighted by atomic mass is 10.3. The molecule has 138 valence electrons. The fraction of sp³-hybridized carbons (Fsp3) is 0.235. The Kier molecular flexibility index (Phi) is 4.63. The Balaban J connectivity index is 1.41. The van der Waals surface area contributed by atoms with Gasteiger partial charge in [0.05, 0.1) is 11.0 Å². The average Bonchev–Trinajstić information content (AvgIpc) is 3.33. The number of hydrogen-bond donors (Lipinski definition) is 1. The second kappa shape index (κ2) is 7.09. The molecule has 0 radical (unpaired) electrons. The number of thiazole rings is 1. The Morgan fingerprint density at radius 2 is 2.19 bits per heavy atom. The van der Waals surface area contributed by atoms with Crippen LogP contribution in [0.2, 0.25) is 5.02 Å². The summed E-state index contributed by atoms with van der Waals surface area (Å²) >= 11 is 7.34. The van der Waals surface area contributed by atoms with Gasteiger partial charge in [-0.1, -0.05) is 16.8 Å². The average molecular weight is 403 g/mol. The molecule has 0 bridgehead atoms. The topological polar surface area (TPSA) is 98.7 Å². The molecular formula is C17H15ClN6O2S. The Labute approximate surface area is 163 Å². The molecule has 4 rings (SSSR count). The first kappa shape index (κ1) is 17.6. The van der Waals surface area contributed by atoms with Crippen LogP contribution in [0.3, 0.4) is 0 Å². The number of hydrogen-bond acceptors (Lipinski definition) is 7. The van der Waals surface area contributed by atoms with E-state index < -0.39 is 0 Å². The first-order valence-corrected chi connectivity index (χ1v) is 9.43. The van der Waals surface area contributed by atoms with Gasteiger partial charge in [-0.05, 0) is 30.3 Å². The fourth-order valence-corrected chi connectivity index (χ4v) is 3.64. The molecule has 0 aliphatic heterocycles. The van der Waals surface area contributed by atoms with Crippen LogP contribution in [0, 0.1) is 6.92 Å². The lowest BCUT2D eigenvalue weighted by molar-refractivity contribution is -0.116. The quantitative estimate of drug-likeness (QED) is 0.547. The van der Waals surface area contributed by atoms with Gasteiger partial charge < -0.3 is 9.88 Å². The highest BCUT2D eigenvalue weighted by molar-refractivity contribution is 7.14. The van der Waals surface area contributed by atoms with Crippen LogP contribution in [-0.4, -0.2) is 30.8 Å². The number of rotatable bonds is 5. The van der Waals surface area contributed by atoms with E-state index in [4.69, 9.17) is 11.6 Å². The monoisotopic (exact) mass is 402 g/mol. The van der Waals surface area contributed by atoms with Crippen molar-refractivity contribution in [1.82, 2.24) is 24.8 Å². The predicted octanol–water partition coefficient (Wildman–Crippen LogP) is 3.61. The number of aromatic nitrogens is 5. The van der Waals surface area contributed by atoms with Crippen LogP contribution in [0.25, 0.3) is 22.4 Å². The molecule has 4 aromatic rings. The normalized spacial score (nSPS) is 11.2. The van der Waals surface area contributed by atoms with Gasteiger partial charge in [0.25, 0.3) is 0 Å². The van der Waals surface area contributed by atoms with Gasteiger partial charge in [0.2, 0.25) is 5.91 Å². The van der Waals surface area contributed by atoms with Crippen molar-refractivity contribution < 1.29 is 9.42 Å². The summed E-state index contributed by atoms with van der Waals surface area (Å²) < 4.78 is 6.65. The van der Waals surface area contributed by atoms with E-state index in [1.165, 1.54) is 11.3 Å². The third-order valence-corrected chi connectivity index (χ3v) is 5.15. The molecule has 3 heterocycles. The van der Waals surface area contributed by atoms with Crippen LogP contribution in [0.1, 0.15) is 17.9 Å². The summed E-state index contributed by atoms with van der Waals surface area (Å²) in [6.07, 6.45) is 0.809. The van der Waals surface area contributed by atoms with Gasteiger partial charge in [-0.3, -0.25) is 4.79 Å². The van der Waals surface area contributed by atoms with Gasteiger partial charge in [0, 0.05) is 30.3 Å². The standard InChI is InChI=1S/C17H15ClN6O2S/c1-9-16(23-26-22-9)12-8-27-17(20-12)21-15(25)6-5-14-19-11-7-10(18)3-4-13(11)24(14)2/h3-4,7-8H,5-6H2,1-2H3,(H,20,21,25). The van der Waals surface area contributed by atoms with E-state index in [1.807, 2.05) is 29.8 Å². The minimum Gasteiger partial charge on any atom is -0.331 e. The smallest absolute Gasteiger partial charge is 0.226 e. The molecule has 8 nitrogen and oxygen atoms in total. The van der Waals surface area contributed by atoms with Gasteiger partial charge in [-0.25, -0.2) is 14.6 Å². The summed E-state index contributed by atoms with van der Waals surface area (Å²) in [7, 11) is 1.93. The van der Waals surface area contributed by atoms with E-state index >= 15 is 0 Å². The first-order valence-electron chi connectivity index (χ1n) is 8.17. The molecule has 0 aliphatic rings. The number of nitrogens with zero attached hydrogens (tertiary/aromatic N) is 5. The number of nitrogens with one attached hydrogen (secondary N) is 1. The van der Waals surface area contributed by atoms with Crippen LogP contribution in [0.15, 0.2) is 28.2 Å². The molecule has 0 saturated heterocycles. The Morgan fingerprint density at radius 3 is 2.96 bits per heavy atom. The maximum atomic E-state index is 12.3. The molecule has 1 amide bonds. The summed E-state index contributed by atoms with van der Waals surface area (Å²) in [5, 5.41) is 13.3. The van der Waals surface area contributed by atoms with Gasteiger partial charge in [-0.15, -0.1) is 11.3 Å². The number of anilines is 1. The molecule has 1 N–H and O–H groups in total. The van der Waals surface area contributed by atoms with Gasteiger partial charge in [0.15, 0.2) is 10.8 Å². The van der Waals surface area contributed by atoms with Crippen LogP contribution in [0.4, 0.5) is 5.13 Å². The van der Waals surface area contributed by atoms with Crippen molar-refractivity contribution in [1.29, 1.82) is 0 Å². The fourth-order valence-electron chi connectivity index (χ4n) is 2.76. The number of halogens is 1. The molecule has 0 aliphatic carbocycles. The van der Waals surface area contributed by atoms with Crippen molar-refractivity contribution in [3.63, 3.8) is 0 Å². The molecule has 1 aromatic carbocycles. The summed E-state index contributed by atoms with van der Waals surface area (Å²) in [6, 6.07) is 5.57. The van der Waals surface area contributed by atoms with Crippen molar-refractivity contribution in [2.45, 2.75) is 19.8 Å². The Hall–Kier alpha value is -2.78. The first-order chi connectivity index (χ1) is 13.0. The SMILES string of the molecule is Cc1nonc1-c1csc(NC(=O)CCc2nc3cc(Cl)ccc3n2C)n1. The molecular weight excluding hydrogens is 388 g/mol. The molecule has 3 aromatic heterocycles. The zero-order chi connectivity index (χ0) is 19.0. The van der Waals surface area contributed by atoms with Crippen LogP contribution in [0.5, 0.6) is 0 Å². The Morgan fingerprint density at radius 1 is 1.33 bits per heavy atom. The van der Waals surface area contributed by atoms with Gasteiger partial charge >= 0.3 is 0 Å². The number of fused-ring (bicyclic) bond motifs is 1. The van der Waals surface area contributed by atoms with Gasteiger partial charge in [0.1, 0.15) is 17.2 Å². The molecule has 10 heteroatoms. The molecule has 0 fully saturated rings. The number of carbonyl (C=O) groups excluding carboxylic acids is 1. The third-order valence-electron chi connectivity index (χ3n) is 4.16. The highest BCUT2D eigenvalue weighted by atomic mass is 35.5. The lowest BCUT2D eigenvalue weighted by Gasteiger charge is -2.03. The third kappa shape index (κ3) is 3.56. The van der Waals surface area contributed by atoms with Crippen LogP contribution < -0.4 is 5.32 Å². The zero-order valence-electron chi connectivity index (χ0n) is 14.6. The number of carbonyl (C=O) groups is 1. The van der Waals surface area contributed by atoms with Gasteiger partial charge in [-0.2, -0.15) is 0 Å². The maximum Gasteiger partial charge on any atom is 0.226 e. The molecule has 0 atom stereocenters. The van der Waals surface area contributed by atoms with Crippen molar-refractivity contribution in [3.05, 3.63) is 40.1 Å². The van der Waals surface area contributed by atoms with Crippen LogP contribution >= 0.6 is 22.9 Å². The summed E-state index contributed by atoms with van der Waals surface area (Å²) in [6.45, 7) is 1.79. The maximum absolute atomic E-state index is 12.3. The van der Waals surface area contributed by atoms with Crippen LogP contribution in [-0.2, 0) is 18.3 Å².